The second-order valence-electron chi connectivity index (χ2n) is 7.34. The van der Waals surface area contributed by atoms with Gasteiger partial charge in [-0.05, 0) is 48.0 Å². The first-order chi connectivity index (χ1) is 15.5. The largest absolute Gasteiger partial charge is 0.493 e. The number of hydrogen-bond donors (Lipinski definition) is 0. The van der Waals surface area contributed by atoms with Crippen LogP contribution in [0, 0.1) is 5.82 Å². The minimum atomic E-state index is -0.788. The Hall–Kier alpha value is -4.13. The van der Waals surface area contributed by atoms with Gasteiger partial charge in [0, 0.05) is 5.69 Å². The number of benzene rings is 3. The van der Waals surface area contributed by atoms with E-state index in [4.69, 9.17) is 13.9 Å². The molecule has 1 unspecified atom stereocenters. The SMILES string of the molecule is COc1ccc(C2c3c(oc4ccc(F)cc4c3=O)C(=O)N2c2ccccc2)cc1OC. The molecular weight excluding hydrogens is 413 g/mol. The summed E-state index contributed by atoms with van der Waals surface area (Å²) < 4.78 is 30.5. The molecule has 1 aliphatic heterocycles. The van der Waals surface area contributed by atoms with Crippen LogP contribution in [0.1, 0.15) is 27.7 Å². The van der Waals surface area contributed by atoms with E-state index in [9.17, 15) is 14.0 Å². The lowest BCUT2D eigenvalue weighted by Crippen LogP contribution is -2.29. The molecule has 0 spiro atoms. The smallest absolute Gasteiger partial charge is 0.295 e. The van der Waals surface area contributed by atoms with Gasteiger partial charge in [-0.1, -0.05) is 24.3 Å². The lowest BCUT2D eigenvalue weighted by atomic mass is 9.97. The Morgan fingerprint density at radius 3 is 2.38 bits per heavy atom. The molecule has 0 bridgehead atoms. The van der Waals surface area contributed by atoms with Crippen molar-refractivity contribution in [3.05, 3.63) is 99.7 Å². The Balaban J connectivity index is 1.82. The Kier molecular flexibility index (Phi) is 4.66. The summed E-state index contributed by atoms with van der Waals surface area (Å²) in [5.41, 5.74) is 1.08. The quantitative estimate of drug-likeness (QED) is 0.469. The van der Waals surface area contributed by atoms with Gasteiger partial charge in [0.25, 0.3) is 5.91 Å². The van der Waals surface area contributed by atoms with E-state index in [0.29, 0.717) is 22.7 Å². The molecule has 0 aliphatic carbocycles. The Labute approximate surface area is 182 Å². The molecule has 7 heteroatoms. The van der Waals surface area contributed by atoms with E-state index in [1.165, 1.54) is 31.3 Å². The first kappa shape index (κ1) is 19.8. The van der Waals surface area contributed by atoms with E-state index in [1.807, 2.05) is 6.07 Å². The molecule has 0 fully saturated rings. The van der Waals surface area contributed by atoms with Crippen LogP contribution in [0.4, 0.5) is 10.1 Å². The van der Waals surface area contributed by atoms with E-state index >= 15 is 0 Å². The van der Waals surface area contributed by atoms with Crippen molar-refractivity contribution in [2.24, 2.45) is 0 Å². The van der Waals surface area contributed by atoms with Crippen LogP contribution in [0.15, 0.2) is 75.9 Å². The molecule has 2 heterocycles. The summed E-state index contributed by atoms with van der Waals surface area (Å²) >= 11 is 0. The number of halogens is 1. The fourth-order valence-electron chi connectivity index (χ4n) is 4.14. The van der Waals surface area contributed by atoms with E-state index in [-0.39, 0.29) is 22.3 Å². The predicted octanol–water partition coefficient (Wildman–Crippen LogP) is 4.70. The van der Waals surface area contributed by atoms with E-state index < -0.39 is 23.2 Å². The minimum absolute atomic E-state index is 0.0576. The van der Waals surface area contributed by atoms with Crippen molar-refractivity contribution in [1.29, 1.82) is 0 Å². The first-order valence-electron chi connectivity index (χ1n) is 9.90. The van der Waals surface area contributed by atoms with Gasteiger partial charge in [0.1, 0.15) is 11.4 Å². The molecule has 6 nitrogen and oxygen atoms in total. The fourth-order valence-corrected chi connectivity index (χ4v) is 4.14. The van der Waals surface area contributed by atoms with Gasteiger partial charge in [0.05, 0.1) is 31.2 Å². The number of ether oxygens (including phenoxy) is 2. The van der Waals surface area contributed by atoms with Crippen molar-refractivity contribution in [2.75, 3.05) is 19.1 Å². The molecule has 3 aromatic carbocycles. The number of methoxy groups -OCH3 is 2. The van der Waals surface area contributed by atoms with Crippen molar-refractivity contribution in [3.63, 3.8) is 0 Å². The number of amides is 1. The zero-order valence-electron chi connectivity index (χ0n) is 17.3. The number of nitrogens with zero attached hydrogens (tertiary/aromatic N) is 1. The Morgan fingerprint density at radius 2 is 1.66 bits per heavy atom. The van der Waals surface area contributed by atoms with Gasteiger partial charge in [-0.2, -0.15) is 0 Å². The third-order valence-corrected chi connectivity index (χ3v) is 5.59. The summed E-state index contributed by atoms with van der Waals surface area (Å²) in [4.78, 5) is 28.5. The fraction of sp³-hybridized carbons (Fsp3) is 0.120. The first-order valence-corrected chi connectivity index (χ1v) is 9.90. The van der Waals surface area contributed by atoms with E-state index in [2.05, 4.69) is 0 Å². The molecular formula is C25H18FNO5. The van der Waals surface area contributed by atoms with Crippen LogP contribution in [0.25, 0.3) is 11.0 Å². The van der Waals surface area contributed by atoms with Crippen LogP contribution in [0.5, 0.6) is 11.5 Å². The lowest BCUT2D eigenvalue weighted by Gasteiger charge is -2.25. The summed E-state index contributed by atoms with van der Waals surface area (Å²) in [6.45, 7) is 0. The third kappa shape index (κ3) is 2.93. The van der Waals surface area contributed by atoms with Gasteiger partial charge in [0.15, 0.2) is 16.9 Å². The van der Waals surface area contributed by atoms with Gasteiger partial charge >= 0.3 is 0 Å². The number of fused-ring (bicyclic) bond motifs is 2. The highest BCUT2D eigenvalue weighted by Crippen LogP contribution is 2.43. The highest BCUT2D eigenvalue weighted by Gasteiger charge is 2.43. The van der Waals surface area contributed by atoms with E-state index in [0.717, 1.165) is 6.07 Å². The molecule has 1 amide bonds. The van der Waals surface area contributed by atoms with Crippen molar-refractivity contribution in [3.8, 4) is 11.5 Å². The topological polar surface area (TPSA) is 69.0 Å². The van der Waals surface area contributed by atoms with Crippen LogP contribution in [-0.4, -0.2) is 20.1 Å². The molecule has 0 saturated heterocycles. The van der Waals surface area contributed by atoms with Crippen LogP contribution in [0.3, 0.4) is 0 Å². The molecule has 1 atom stereocenters. The van der Waals surface area contributed by atoms with Crippen LogP contribution in [-0.2, 0) is 0 Å². The normalized spacial score (nSPS) is 15.2. The summed E-state index contributed by atoms with van der Waals surface area (Å²) in [7, 11) is 3.03. The van der Waals surface area contributed by atoms with Gasteiger partial charge in [-0.25, -0.2) is 4.39 Å². The second-order valence-corrected chi connectivity index (χ2v) is 7.34. The van der Waals surface area contributed by atoms with Crippen LogP contribution >= 0.6 is 0 Å². The number of para-hydroxylation sites is 1. The number of carbonyl (C=O) groups is 1. The monoisotopic (exact) mass is 431 g/mol. The van der Waals surface area contributed by atoms with E-state index in [1.54, 1.807) is 42.5 Å². The Bertz CT molecular complexity index is 1410. The van der Waals surface area contributed by atoms with Gasteiger partial charge in [0.2, 0.25) is 5.76 Å². The van der Waals surface area contributed by atoms with Gasteiger partial charge < -0.3 is 13.9 Å². The summed E-state index contributed by atoms with van der Waals surface area (Å²) in [6.07, 6.45) is 0. The molecule has 0 saturated carbocycles. The number of carbonyl (C=O) groups excluding carboxylic acids is 1. The zero-order chi connectivity index (χ0) is 22.4. The number of hydrogen-bond acceptors (Lipinski definition) is 5. The average Bonchev–Trinajstić information content (AvgIpc) is 3.12. The van der Waals surface area contributed by atoms with Crippen molar-refractivity contribution in [1.82, 2.24) is 0 Å². The summed E-state index contributed by atoms with van der Waals surface area (Å²) in [5, 5.41) is 0.0805. The molecule has 1 aliphatic rings. The highest BCUT2D eigenvalue weighted by molar-refractivity contribution is 6.10. The maximum atomic E-state index is 13.9. The summed E-state index contributed by atoms with van der Waals surface area (Å²) in [6, 6.07) is 17.1. The molecule has 0 radical (unpaired) electrons. The lowest BCUT2D eigenvalue weighted by molar-refractivity contribution is 0.0971. The average molecular weight is 431 g/mol. The maximum Gasteiger partial charge on any atom is 0.295 e. The molecule has 1 aromatic heterocycles. The third-order valence-electron chi connectivity index (χ3n) is 5.59. The molecule has 0 N–H and O–H groups in total. The second kappa shape index (κ2) is 7.53. The minimum Gasteiger partial charge on any atom is -0.493 e. The van der Waals surface area contributed by atoms with Gasteiger partial charge in [-0.15, -0.1) is 0 Å². The van der Waals surface area contributed by atoms with Crippen molar-refractivity contribution < 1.29 is 23.1 Å². The van der Waals surface area contributed by atoms with Crippen LogP contribution < -0.4 is 19.8 Å². The van der Waals surface area contributed by atoms with Crippen molar-refractivity contribution >= 4 is 22.6 Å². The molecule has 5 rings (SSSR count). The van der Waals surface area contributed by atoms with Crippen molar-refractivity contribution in [2.45, 2.75) is 6.04 Å². The zero-order valence-corrected chi connectivity index (χ0v) is 17.3. The molecule has 4 aromatic rings. The standard InChI is InChI=1S/C25H18FNO5/c1-30-19-10-8-14(12-20(19)31-2)22-21-23(28)17-13-15(26)9-11-18(17)32-24(21)25(29)27(22)16-6-4-3-5-7-16/h3-13,22H,1-2H3. The molecule has 32 heavy (non-hydrogen) atoms. The Morgan fingerprint density at radius 1 is 0.906 bits per heavy atom. The van der Waals surface area contributed by atoms with Gasteiger partial charge in [-0.3, -0.25) is 14.5 Å². The number of rotatable bonds is 4. The maximum absolute atomic E-state index is 13.9. The number of anilines is 1. The highest BCUT2D eigenvalue weighted by atomic mass is 19.1. The predicted molar refractivity (Wildman–Crippen MR) is 117 cm³/mol. The molecule has 160 valence electrons. The van der Waals surface area contributed by atoms with Crippen LogP contribution in [0.2, 0.25) is 0 Å². The summed E-state index contributed by atoms with van der Waals surface area (Å²) in [5.74, 6) is -0.0986.